The molecule has 0 fully saturated rings. The Kier molecular flexibility index (Phi) is 3.66. The number of hydrogen-bond donors (Lipinski definition) is 1. The summed E-state index contributed by atoms with van der Waals surface area (Å²) in [5, 5.41) is 0.625. The summed E-state index contributed by atoms with van der Waals surface area (Å²) < 4.78 is 4.64. The van der Waals surface area contributed by atoms with Crippen molar-refractivity contribution < 1.29 is 9.53 Å². The molecule has 19 heavy (non-hydrogen) atoms. The number of carbonyl (C=O) groups excluding carboxylic acids is 1. The fourth-order valence-electron chi connectivity index (χ4n) is 1.68. The van der Waals surface area contributed by atoms with E-state index in [1.807, 2.05) is 0 Å². The van der Waals surface area contributed by atoms with Gasteiger partial charge in [0.25, 0.3) is 0 Å². The lowest BCUT2D eigenvalue weighted by Crippen LogP contribution is -2.12. The van der Waals surface area contributed by atoms with E-state index >= 15 is 0 Å². The van der Waals surface area contributed by atoms with Gasteiger partial charge in [-0.05, 0) is 31.2 Å². The van der Waals surface area contributed by atoms with E-state index in [2.05, 4.69) is 14.7 Å². The van der Waals surface area contributed by atoms with E-state index in [1.54, 1.807) is 31.2 Å². The minimum atomic E-state index is -0.544. The number of benzene rings is 1. The van der Waals surface area contributed by atoms with Gasteiger partial charge in [-0.2, -0.15) is 0 Å². The number of nitrogen functional groups attached to an aromatic ring is 1. The second-order valence-corrected chi connectivity index (χ2v) is 4.33. The second kappa shape index (κ2) is 5.24. The summed E-state index contributed by atoms with van der Waals surface area (Å²) in [6.45, 7) is 1.68. The summed E-state index contributed by atoms with van der Waals surface area (Å²) in [6, 6.07) is 7.04. The van der Waals surface area contributed by atoms with E-state index in [-0.39, 0.29) is 11.4 Å². The molecular weight excluding hydrogens is 266 g/mol. The first-order valence-corrected chi connectivity index (χ1v) is 5.89. The van der Waals surface area contributed by atoms with Crippen LogP contribution in [0.4, 0.5) is 5.82 Å². The summed E-state index contributed by atoms with van der Waals surface area (Å²) in [4.78, 5) is 19.9. The van der Waals surface area contributed by atoms with Gasteiger partial charge in [0.05, 0.1) is 12.8 Å². The molecule has 2 N–H and O–H groups in total. The fraction of sp³-hybridized carbons (Fsp3) is 0.154. The minimum absolute atomic E-state index is 0.101. The van der Waals surface area contributed by atoms with Crippen molar-refractivity contribution in [3.05, 3.63) is 40.5 Å². The third-order valence-electron chi connectivity index (χ3n) is 2.61. The predicted octanol–water partition coefficient (Wildman–Crippen LogP) is 2.47. The zero-order valence-electron chi connectivity index (χ0n) is 10.5. The van der Waals surface area contributed by atoms with Crippen LogP contribution in [0.2, 0.25) is 5.02 Å². The van der Waals surface area contributed by atoms with Crippen LogP contribution in [0.15, 0.2) is 24.3 Å². The molecular formula is C13H12ClN3O2. The molecule has 0 atom stereocenters. The molecule has 6 heteroatoms. The Morgan fingerprint density at radius 3 is 2.42 bits per heavy atom. The molecule has 0 saturated carbocycles. The smallest absolute Gasteiger partial charge is 0.343 e. The van der Waals surface area contributed by atoms with E-state index in [0.717, 1.165) is 5.56 Å². The third-order valence-corrected chi connectivity index (χ3v) is 2.86. The summed E-state index contributed by atoms with van der Waals surface area (Å²) in [5.74, 6) is 0.00118. The maximum atomic E-state index is 11.5. The van der Waals surface area contributed by atoms with E-state index in [4.69, 9.17) is 17.3 Å². The monoisotopic (exact) mass is 277 g/mol. The van der Waals surface area contributed by atoms with Crippen LogP contribution < -0.4 is 5.73 Å². The molecule has 2 aromatic rings. The number of methoxy groups -OCH3 is 1. The van der Waals surface area contributed by atoms with Crippen LogP contribution in [0.5, 0.6) is 0 Å². The highest BCUT2D eigenvalue weighted by Crippen LogP contribution is 2.22. The lowest BCUT2D eigenvalue weighted by molar-refractivity contribution is 0.0600. The van der Waals surface area contributed by atoms with Crippen LogP contribution in [0.1, 0.15) is 16.1 Å². The first kappa shape index (κ1) is 13.3. The maximum absolute atomic E-state index is 11.5. The normalized spacial score (nSPS) is 10.3. The highest BCUT2D eigenvalue weighted by Gasteiger charge is 2.17. The Morgan fingerprint density at radius 2 is 1.89 bits per heavy atom. The van der Waals surface area contributed by atoms with Crippen molar-refractivity contribution in [1.29, 1.82) is 0 Å². The first-order valence-electron chi connectivity index (χ1n) is 5.51. The molecule has 1 aromatic carbocycles. The summed E-state index contributed by atoms with van der Waals surface area (Å²) in [5.41, 5.74) is 7.23. The van der Waals surface area contributed by atoms with Crippen LogP contribution >= 0.6 is 11.6 Å². The van der Waals surface area contributed by atoms with Crippen LogP contribution in [0, 0.1) is 6.92 Å². The Labute approximate surface area is 115 Å². The van der Waals surface area contributed by atoms with E-state index in [0.29, 0.717) is 16.5 Å². The maximum Gasteiger partial charge on any atom is 0.343 e. The fourth-order valence-corrected chi connectivity index (χ4v) is 1.80. The number of esters is 1. The molecule has 0 aliphatic rings. The van der Waals surface area contributed by atoms with Gasteiger partial charge in [-0.25, -0.2) is 14.8 Å². The van der Waals surface area contributed by atoms with Gasteiger partial charge in [0.2, 0.25) is 0 Å². The molecule has 0 spiro atoms. The molecule has 0 saturated heterocycles. The summed E-state index contributed by atoms with van der Waals surface area (Å²) >= 11 is 5.82. The number of aryl methyl sites for hydroxylation is 1. The average Bonchev–Trinajstić information content (AvgIpc) is 2.38. The number of rotatable bonds is 2. The molecule has 0 unspecified atom stereocenters. The van der Waals surface area contributed by atoms with Gasteiger partial charge in [0, 0.05) is 10.6 Å². The largest absolute Gasteiger partial charge is 0.465 e. The molecule has 0 radical (unpaired) electrons. The lowest BCUT2D eigenvalue weighted by Gasteiger charge is -2.08. The number of nitrogens with two attached hydrogens (primary N) is 1. The topological polar surface area (TPSA) is 78.1 Å². The highest BCUT2D eigenvalue weighted by atomic mass is 35.5. The van der Waals surface area contributed by atoms with Crippen LogP contribution in [0.3, 0.4) is 0 Å². The van der Waals surface area contributed by atoms with E-state index in [1.165, 1.54) is 7.11 Å². The van der Waals surface area contributed by atoms with Crippen molar-refractivity contribution >= 4 is 23.4 Å². The predicted molar refractivity (Wildman–Crippen MR) is 73.0 cm³/mol. The highest BCUT2D eigenvalue weighted by molar-refractivity contribution is 6.30. The quantitative estimate of drug-likeness (QED) is 0.853. The number of anilines is 1. The number of carbonyl (C=O) groups is 1. The molecule has 0 bridgehead atoms. The molecule has 98 valence electrons. The molecule has 2 rings (SSSR count). The van der Waals surface area contributed by atoms with Gasteiger partial charge in [0.15, 0.2) is 5.82 Å². The molecule has 1 heterocycles. The number of nitrogens with zero attached hydrogens (tertiary/aromatic N) is 2. The molecule has 0 aliphatic carbocycles. The van der Waals surface area contributed by atoms with Gasteiger partial charge in [0.1, 0.15) is 11.4 Å². The number of ether oxygens (including phenoxy) is 1. The van der Waals surface area contributed by atoms with Gasteiger partial charge < -0.3 is 10.5 Å². The van der Waals surface area contributed by atoms with Crippen molar-refractivity contribution in [2.45, 2.75) is 6.92 Å². The zero-order chi connectivity index (χ0) is 14.0. The third kappa shape index (κ3) is 2.66. The number of aromatic nitrogens is 2. The minimum Gasteiger partial charge on any atom is -0.465 e. The molecule has 0 amide bonds. The van der Waals surface area contributed by atoms with Gasteiger partial charge in [-0.3, -0.25) is 0 Å². The van der Waals surface area contributed by atoms with Crippen LogP contribution in [-0.2, 0) is 4.74 Å². The SMILES string of the molecule is COC(=O)c1c(C)nc(-c2ccc(Cl)cc2)nc1N. The standard InChI is InChI=1S/C13H12ClN3O2/c1-7-10(13(18)19-2)11(15)17-12(16-7)8-3-5-9(14)6-4-8/h3-6H,1-2H3,(H2,15,16,17). The summed E-state index contributed by atoms with van der Waals surface area (Å²) in [6.07, 6.45) is 0. The van der Waals surface area contributed by atoms with Crippen molar-refractivity contribution in [1.82, 2.24) is 9.97 Å². The number of halogens is 1. The van der Waals surface area contributed by atoms with Crippen molar-refractivity contribution in [3.8, 4) is 11.4 Å². The van der Waals surface area contributed by atoms with E-state index in [9.17, 15) is 4.79 Å². The molecule has 1 aromatic heterocycles. The van der Waals surface area contributed by atoms with Crippen molar-refractivity contribution in [2.75, 3.05) is 12.8 Å². The Balaban J connectivity index is 2.51. The number of hydrogen-bond acceptors (Lipinski definition) is 5. The molecule has 5 nitrogen and oxygen atoms in total. The van der Waals surface area contributed by atoms with Gasteiger partial charge in [-0.1, -0.05) is 11.6 Å². The van der Waals surface area contributed by atoms with E-state index < -0.39 is 5.97 Å². The van der Waals surface area contributed by atoms with Crippen LogP contribution in [-0.4, -0.2) is 23.0 Å². The first-order chi connectivity index (χ1) is 9.02. The van der Waals surface area contributed by atoms with Crippen molar-refractivity contribution in [3.63, 3.8) is 0 Å². The Hall–Kier alpha value is -2.14. The van der Waals surface area contributed by atoms with Gasteiger partial charge in [-0.15, -0.1) is 0 Å². The van der Waals surface area contributed by atoms with Gasteiger partial charge >= 0.3 is 5.97 Å². The summed E-state index contributed by atoms with van der Waals surface area (Å²) in [7, 11) is 1.29. The zero-order valence-corrected chi connectivity index (χ0v) is 11.2. The Bertz CT molecular complexity index is 603. The van der Waals surface area contributed by atoms with Crippen molar-refractivity contribution in [2.24, 2.45) is 0 Å². The lowest BCUT2D eigenvalue weighted by atomic mass is 10.1. The molecule has 0 aliphatic heterocycles. The second-order valence-electron chi connectivity index (χ2n) is 3.89. The van der Waals surface area contributed by atoms with Crippen LogP contribution in [0.25, 0.3) is 11.4 Å². The Morgan fingerprint density at radius 1 is 1.26 bits per heavy atom. The average molecular weight is 278 g/mol.